The largest absolute Gasteiger partial charge is 0.496 e. The number of aliphatic imine (C=N–C) groups is 1. The van der Waals surface area contributed by atoms with Crippen molar-refractivity contribution in [2.75, 3.05) is 27.9 Å². The van der Waals surface area contributed by atoms with Gasteiger partial charge >= 0.3 is 0 Å². The first-order valence-electron chi connectivity index (χ1n) is 8.26. The molecular formula is C17H26N6O3. The first-order chi connectivity index (χ1) is 12.6. The number of aryl methyl sites for hydroxylation is 1. The zero-order valence-electron chi connectivity index (χ0n) is 15.9. The lowest BCUT2D eigenvalue weighted by atomic mass is 10.1. The maximum Gasteiger partial charge on any atom is 0.191 e. The minimum atomic E-state index is 0.414. The van der Waals surface area contributed by atoms with Crippen molar-refractivity contribution in [1.82, 2.24) is 25.4 Å². The third-order valence-corrected chi connectivity index (χ3v) is 3.76. The van der Waals surface area contributed by atoms with Gasteiger partial charge in [-0.15, -0.1) is 0 Å². The van der Waals surface area contributed by atoms with Gasteiger partial charge in [0.25, 0.3) is 0 Å². The maximum atomic E-state index is 5.45. The number of hydrogen-bond donors (Lipinski definition) is 2. The molecule has 0 saturated carbocycles. The number of nitrogens with one attached hydrogen (secondary N) is 2. The fourth-order valence-electron chi connectivity index (χ4n) is 2.36. The van der Waals surface area contributed by atoms with Crippen LogP contribution in [0.1, 0.15) is 18.3 Å². The van der Waals surface area contributed by atoms with E-state index >= 15 is 0 Å². The van der Waals surface area contributed by atoms with Crippen LogP contribution in [0.5, 0.6) is 17.2 Å². The van der Waals surface area contributed by atoms with Crippen LogP contribution in [0.25, 0.3) is 0 Å². The third kappa shape index (κ3) is 4.78. The molecule has 0 radical (unpaired) electrons. The highest BCUT2D eigenvalue weighted by atomic mass is 16.5. The summed E-state index contributed by atoms with van der Waals surface area (Å²) < 4.78 is 17.8. The van der Waals surface area contributed by atoms with E-state index in [0.717, 1.165) is 17.9 Å². The molecule has 1 aromatic carbocycles. The highest BCUT2D eigenvalue weighted by Gasteiger charge is 2.12. The Balaban J connectivity index is 2.16. The van der Waals surface area contributed by atoms with Gasteiger partial charge < -0.3 is 24.8 Å². The predicted octanol–water partition coefficient (Wildman–Crippen LogP) is 1.10. The summed E-state index contributed by atoms with van der Waals surface area (Å²) in [6.45, 7) is 3.69. The van der Waals surface area contributed by atoms with Crippen molar-refractivity contribution in [2.24, 2.45) is 12.0 Å². The summed E-state index contributed by atoms with van der Waals surface area (Å²) in [7, 11) is 6.66. The molecule has 0 fully saturated rings. The van der Waals surface area contributed by atoms with Gasteiger partial charge in [-0.3, -0.25) is 4.68 Å². The SMILES string of the molecule is CCNC(=NCc1cc(OC)c(OC)cc1OC)NCc1ncnn1C. The number of methoxy groups -OCH3 is 3. The van der Waals surface area contributed by atoms with E-state index in [4.69, 9.17) is 14.2 Å². The molecule has 2 N–H and O–H groups in total. The molecule has 9 heteroatoms. The van der Waals surface area contributed by atoms with E-state index in [1.54, 1.807) is 32.1 Å². The summed E-state index contributed by atoms with van der Waals surface area (Å²) in [5.74, 6) is 3.43. The van der Waals surface area contributed by atoms with E-state index < -0.39 is 0 Å². The molecular weight excluding hydrogens is 336 g/mol. The minimum Gasteiger partial charge on any atom is -0.496 e. The predicted molar refractivity (Wildman–Crippen MR) is 98.8 cm³/mol. The number of rotatable bonds is 8. The van der Waals surface area contributed by atoms with Crippen LogP contribution in [0.3, 0.4) is 0 Å². The van der Waals surface area contributed by atoms with Crippen LogP contribution >= 0.6 is 0 Å². The van der Waals surface area contributed by atoms with Gasteiger partial charge in [0.05, 0.1) is 34.4 Å². The summed E-state index contributed by atoms with van der Waals surface area (Å²) >= 11 is 0. The molecule has 1 heterocycles. The average molecular weight is 362 g/mol. The van der Waals surface area contributed by atoms with Crippen LogP contribution in [-0.4, -0.2) is 48.6 Å². The van der Waals surface area contributed by atoms with E-state index in [0.29, 0.717) is 36.3 Å². The molecule has 0 saturated heterocycles. The highest BCUT2D eigenvalue weighted by Crippen LogP contribution is 2.34. The van der Waals surface area contributed by atoms with E-state index in [9.17, 15) is 0 Å². The normalized spacial score (nSPS) is 11.2. The molecule has 0 atom stereocenters. The topological polar surface area (TPSA) is 94.8 Å². The van der Waals surface area contributed by atoms with Crippen molar-refractivity contribution in [2.45, 2.75) is 20.0 Å². The van der Waals surface area contributed by atoms with Gasteiger partial charge in [0.15, 0.2) is 17.5 Å². The van der Waals surface area contributed by atoms with Crippen LogP contribution in [0, 0.1) is 0 Å². The van der Waals surface area contributed by atoms with Gasteiger partial charge in [0.1, 0.15) is 17.9 Å². The molecule has 2 rings (SSSR count). The number of guanidine groups is 1. The molecule has 2 aromatic rings. The smallest absolute Gasteiger partial charge is 0.191 e. The summed E-state index contributed by atoms with van der Waals surface area (Å²) in [5.41, 5.74) is 0.890. The van der Waals surface area contributed by atoms with E-state index in [1.165, 1.54) is 6.33 Å². The second kappa shape index (κ2) is 9.50. The number of hydrogen-bond acceptors (Lipinski definition) is 6. The Kier molecular flexibility index (Phi) is 7.07. The number of aromatic nitrogens is 3. The molecule has 9 nitrogen and oxygen atoms in total. The second-order valence-corrected chi connectivity index (χ2v) is 5.37. The molecule has 0 unspecified atom stereocenters. The van der Waals surface area contributed by atoms with E-state index in [2.05, 4.69) is 25.7 Å². The van der Waals surface area contributed by atoms with Gasteiger partial charge in [-0.2, -0.15) is 5.10 Å². The van der Waals surface area contributed by atoms with Crippen molar-refractivity contribution in [1.29, 1.82) is 0 Å². The van der Waals surface area contributed by atoms with Crippen molar-refractivity contribution in [3.05, 3.63) is 29.8 Å². The van der Waals surface area contributed by atoms with Crippen molar-refractivity contribution < 1.29 is 14.2 Å². The summed E-state index contributed by atoms with van der Waals surface area (Å²) in [6, 6.07) is 3.66. The van der Waals surface area contributed by atoms with Crippen LogP contribution < -0.4 is 24.8 Å². The molecule has 0 aliphatic carbocycles. The Labute approximate surface area is 153 Å². The van der Waals surface area contributed by atoms with Gasteiger partial charge in [-0.05, 0) is 13.0 Å². The average Bonchev–Trinajstić information content (AvgIpc) is 3.08. The maximum absolute atomic E-state index is 5.45. The fourth-order valence-corrected chi connectivity index (χ4v) is 2.36. The molecule has 1 aromatic heterocycles. The first-order valence-corrected chi connectivity index (χ1v) is 8.26. The summed E-state index contributed by atoms with van der Waals surface area (Å²) in [4.78, 5) is 8.80. The molecule has 26 heavy (non-hydrogen) atoms. The van der Waals surface area contributed by atoms with Gasteiger partial charge in [-0.1, -0.05) is 0 Å². The summed E-state index contributed by atoms with van der Waals surface area (Å²) in [6.07, 6.45) is 1.52. The van der Waals surface area contributed by atoms with Crippen LogP contribution in [-0.2, 0) is 20.1 Å². The highest BCUT2D eigenvalue weighted by molar-refractivity contribution is 5.79. The Hall–Kier alpha value is -2.97. The number of ether oxygens (including phenoxy) is 3. The van der Waals surface area contributed by atoms with Crippen LogP contribution in [0.4, 0.5) is 0 Å². The van der Waals surface area contributed by atoms with Gasteiger partial charge in [-0.25, -0.2) is 9.98 Å². The fraction of sp³-hybridized carbons (Fsp3) is 0.471. The number of nitrogens with zero attached hydrogens (tertiary/aromatic N) is 4. The van der Waals surface area contributed by atoms with Crippen molar-refractivity contribution >= 4 is 5.96 Å². The Bertz CT molecular complexity index is 744. The lowest BCUT2D eigenvalue weighted by molar-refractivity contribution is 0.347. The standard InChI is InChI=1S/C17H26N6O3/c1-6-18-17(20-10-16-21-11-22-23(16)2)19-9-12-7-14(25-4)15(26-5)8-13(12)24-3/h7-8,11H,6,9-10H2,1-5H3,(H2,18,19,20). The third-order valence-electron chi connectivity index (χ3n) is 3.76. The summed E-state index contributed by atoms with van der Waals surface area (Å²) in [5, 5.41) is 10.5. The van der Waals surface area contributed by atoms with Gasteiger partial charge in [0, 0.05) is 25.2 Å². The van der Waals surface area contributed by atoms with Gasteiger partial charge in [0.2, 0.25) is 0 Å². The van der Waals surface area contributed by atoms with Crippen molar-refractivity contribution in [3.8, 4) is 17.2 Å². The molecule has 0 spiro atoms. The Morgan fingerprint density at radius 1 is 1.08 bits per heavy atom. The number of benzene rings is 1. The lowest BCUT2D eigenvalue weighted by Gasteiger charge is -2.14. The van der Waals surface area contributed by atoms with Crippen molar-refractivity contribution in [3.63, 3.8) is 0 Å². The van der Waals surface area contributed by atoms with E-state index in [1.807, 2.05) is 20.0 Å². The zero-order valence-corrected chi connectivity index (χ0v) is 15.9. The van der Waals surface area contributed by atoms with Crippen LogP contribution in [0.2, 0.25) is 0 Å². The molecule has 0 aliphatic rings. The van der Waals surface area contributed by atoms with Crippen LogP contribution in [0.15, 0.2) is 23.5 Å². The molecule has 0 bridgehead atoms. The monoisotopic (exact) mass is 362 g/mol. The minimum absolute atomic E-state index is 0.414. The lowest BCUT2D eigenvalue weighted by Crippen LogP contribution is -2.37. The quantitative estimate of drug-likeness (QED) is 0.536. The first kappa shape index (κ1) is 19.4. The molecule has 0 aliphatic heterocycles. The second-order valence-electron chi connectivity index (χ2n) is 5.37. The molecule has 0 amide bonds. The zero-order chi connectivity index (χ0) is 18.9. The Morgan fingerprint density at radius 2 is 1.77 bits per heavy atom. The molecule has 142 valence electrons. The van der Waals surface area contributed by atoms with E-state index in [-0.39, 0.29) is 0 Å². The Morgan fingerprint density at radius 3 is 2.35 bits per heavy atom.